The Balaban J connectivity index is 1.53. The quantitative estimate of drug-likeness (QED) is 0.293. The summed E-state index contributed by atoms with van der Waals surface area (Å²) in [7, 11) is -3.92. The number of aromatic amines is 2. The smallest absolute Gasteiger partial charge is 0.282 e. The van der Waals surface area contributed by atoms with Crippen LogP contribution in [0, 0.1) is 0 Å². The lowest BCUT2D eigenvalue weighted by atomic mass is 10.00. The average Bonchev–Trinajstić information content (AvgIpc) is 3.61. The van der Waals surface area contributed by atoms with Crippen molar-refractivity contribution >= 4 is 37.7 Å². The SMILES string of the molecule is O=C(NS(=O)(=O)C1CC1)c1c(-c2ccc[nH]c2=O)c2c3c(ccc2n1Cc1cc2ccccc2[nH]c1=O)CCO3. The van der Waals surface area contributed by atoms with E-state index in [1.807, 2.05) is 30.3 Å². The Morgan fingerprint density at radius 2 is 1.88 bits per heavy atom. The molecule has 0 atom stereocenters. The molecule has 0 radical (unpaired) electrons. The minimum absolute atomic E-state index is 0.0348. The number of rotatable bonds is 6. The molecule has 0 bridgehead atoms. The van der Waals surface area contributed by atoms with E-state index >= 15 is 0 Å². The van der Waals surface area contributed by atoms with E-state index in [1.54, 1.807) is 28.8 Å². The second-order valence-electron chi connectivity index (χ2n) is 10.2. The third-order valence-electron chi connectivity index (χ3n) is 7.54. The summed E-state index contributed by atoms with van der Waals surface area (Å²) < 4.78 is 35.6. The van der Waals surface area contributed by atoms with Crippen molar-refractivity contribution in [3.8, 4) is 16.9 Å². The van der Waals surface area contributed by atoms with E-state index in [-0.39, 0.29) is 28.9 Å². The van der Waals surface area contributed by atoms with Crippen LogP contribution >= 0.6 is 0 Å². The van der Waals surface area contributed by atoms with E-state index in [1.165, 1.54) is 6.20 Å². The summed E-state index contributed by atoms with van der Waals surface area (Å²) in [6.07, 6.45) is 3.09. The van der Waals surface area contributed by atoms with Gasteiger partial charge in [-0.25, -0.2) is 13.1 Å². The van der Waals surface area contributed by atoms with Gasteiger partial charge in [-0.05, 0) is 54.1 Å². The molecule has 40 heavy (non-hydrogen) atoms. The van der Waals surface area contributed by atoms with E-state index in [9.17, 15) is 22.8 Å². The molecule has 0 unspecified atom stereocenters. The number of nitrogens with zero attached hydrogens (tertiary/aromatic N) is 1. The molecule has 0 spiro atoms. The zero-order valence-electron chi connectivity index (χ0n) is 21.2. The fraction of sp³-hybridized carbons (Fsp3) is 0.207. The van der Waals surface area contributed by atoms with Crippen LogP contribution in [0.3, 0.4) is 0 Å². The molecular formula is C29H24N4O6S. The Hall–Kier alpha value is -4.64. The fourth-order valence-electron chi connectivity index (χ4n) is 5.48. The van der Waals surface area contributed by atoms with Crippen LogP contribution in [0.2, 0.25) is 0 Å². The van der Waals surface area contributed by atoms with Crippen molar-refractivity contribution in [2.75, 3.05) is 6.61 Å². The number of hydrogen-bond acceptors (Lipinski definition) is 6. The topological polar surface area (TPSA) is 143 Å². The third kappa shape index (κ3) is 3.92. The summed E-state index contributed by atoms with van der Waals surface area (Å²) in [6.45, 7) is 0.387. The van der Waals surface area contributed by atoms with Crippen molar-refractivity contribution in [1.29, 1.82) is 0 Å². The summed E-state index contributed by atoms with van der Waals surface area (Å²) in [4.78, 5) is 45.7. The zero-order valence-corrected chi connectivity index (χ0v) is 22.0. The highest BCUT2D eigenvalue weighted by molar-refractivity contribution is 7.91. The largest absolute Gasteiger partial charge is 0.492 e. The predicted molar refractivity (Wildman–Crippen MR) is 150 cm³/mol. The van der Waals surface area contributed by atoms with Gasteiger partial charge in [0.05, 0.1) is 34.9 Å². The summed E-state index contributed by atoms with van der Waals surface area (Å²) in [6, 6.07) is 16.0. The fourth-order valence-corrected chi connectivity index (χ4v) is 6.76. The van der Waals surface area contributed by atoms with Crippen LogP contribution in [-0.4, -0.2) is 40.7 Å². The van der Waals surface area contributed by atoms with E-state index in [4.69, 9.17) is 4.74 Å². The molecular weight excluding hydrogens is 532 g/mol. The maximum atomic E-state index is 13.9. The minimum atomic E-state index is -3.92. The zero-order chi connectivity index (χ0) is 27.6. The van der Waals surface area contributed by atoms with Gasteiger partial charge in [0.15, 0.2) is 0 Å². The van der Waals surface area contributed by atoms with E-state index in [0.29, 0.717) is 53.6 Å². The van der Waals surface area contributed by atoms with Crippen LogP contribution < -0.4 is 20.6 Å². The minimum Gasteiger partial charge on any atom is -0.492 e. The molecule has 0 saturated heterocycles. The summed E-state index contributed by atoms with van der Waals surface area (Å²) in [5.74, 6) is -0.327. The number of hydrogen-bond donors (Lipinski definition) is 3. The second kappa shape index (κ2) is 8.95. The number of carbonyl (C=O) groups is 1. The van der Waals surface area contributed by atoms with Crippen molar-refractivity contribution < 1.29 is 17.9 Å². The van der Waals surface area contributed by atoms with Gasteiger partial charge in [-0.3, -0.25) is 14.4 Å². The Morgan fingerprint density at radius 3 is 2.67 bits per heavy atom. The number of para-hydroxylation sites is 1. The van der Waals surface area contributed by atoms with E-state index in [2.05, 4.69) is 14.7 Å². The molecule has 4 heterocycles. The molecule has 1 saturated carbocycles. The Kier molecular flexibility index (Phi) is 5.46. The lowest BCUT2D eigenvalue weighted by Crippen LogP contribution is -2.35. The number of carbonyl (C=O) groups excluding carboxylic acids is 1. The highest BCUT2D eigenvalue weighted by Gasteiger charge is 2.39. The maximum Gasteiger partial charge on any atom is 0.282 e. The average molecular weight is 557 g/mol. The van der Waals surface area contributed by atoms with Crippen LogP contribution in [0.5, 0.6) is 5.75 Å². The molecule has 1 aliphatic carbocycles. The first-order valence-electron chi connectivity index (χ1n) is 13.0. The van der Waals surface area contributed by atoms with Gasteiger partial charge in [-0.15, -0.1) is 0 Å². The number of sulfonamides is 1. The maximum absolute atomic E-state index is 13.9. The number of ether oxygens (including phenoxy) is 1. The molecule has 5 aromatic rings. The summed E-state index contributed by atoms with van der Waals surface area (Å²) in [5, 5.41) is 0.700. The molecule has 11 heteroatoms. The first-order valence-corrected chi connectivity index (χ1v) is 14.5. The van der Waals surface area contributed by atoms with Crippen molar-refractivity contribution in [2.45, 2.75) is 31.1 Å². The monoisotopic (exact) mass is 556 g/mol. The number of aromatic nitrogens is 3. The Bertz CT molecular complexity index is 2090. The predicted octanol–water partition coefficient (Wildman–Crippen LogP) is 3.04. The first kappa shape index (κ1) is 24.4. The third-order valence-corrected chi connectivity index (χ3v) is 9.36. The van der Waals surface area contributed by atoms with Gasteiger partial charge < -0.3 is 19.3 Å². The highest BCUT2D eigenvalue weighted by Crippen LogP contribution is 2.43. The summed E-state index contributed by atoms with van der Waals surface area (Å²) >= 11 is 0. The molecule has 1 aliphatic heterocycles. The lowest BCUT2D eigenvalue weighted by Gasteiger charge is -2.13. The summed E-state index contributed by atoms with van der Waals surface area (Å²) in [5.41, 5.74) is 2.13. The number of benzene rings is 2. The van der Waals surface area contributed by atoms with Gasteiger partial charge in [0.25, 0.3) is 17.0 Å². The van der Waals surface area contributed by atoms with Gasteiger partial charge in [0.2, 0.25) is 10.0 Å². The molecule has 1 amide bonds. The van der Waals surface area contributed by atoms with Crippen LogP contribution in [0.4, 0.5) is 0 Å². The van der Waals surface area contributed by atoms with Crippen molar-refractivity contribution in [2.24, 2.45) is 0 Å². The van der Waals surface area contributed by atoms with Gasteiger partial charge >= 0.3 is 0 Å². The van der Waals surface area contributed by atoms with Gasteiger partial charge in [-0.1, -0.05) is 24.3 Å². The van der Waals surface area contributed by atoms with Crippen LogP contribution in [0.1, 0.15) is 34.5 Å². The number of amides is 1. The van der Waals surface area contributed by atoms with Gasteiger partial charge in [0, 0.05) is 29.3 Å². The number of nitrogens with one attached hydrogen (secondary N) is 3. The van der Waals surface area contributed by atoms with Gasteiger partial charge in [-0.2, -0.15) is 0 Å². The molecule has 3 N–H and O–H groups in total. The molecule has 7 rings (SSSR count). The lowest BCUT2D eigenvalue weighted by molar-refractivity contribution is 0.0974. The van der Waals surface area contributed by atoms with E-state index < -0.39 is 26.7 Å². The Morgan fingerprint density at radius 1 is 1.05 bits per heavy atom. The number of fused-ring (bicyclic) bond motifs is 4. The van der Waals surface area contributed by atoms with Crippen molar-refractivity contribution in [3.05, 3.63) is 98.3 Å². The van der Waals surface area contributed by atoms with Crippen LogP contribution in [0.25, 0.3) is 32.9 Å². The number of H-pyrrole nitrogens is 2. The number of pyridine rings is 2. The molecule has 2 aliphatic rings. The van der Waals surface area contributed by atoms with Crippen molar-refractivity contribution in [3.63, 3.8) is 0 Å². The standard InChI is InChI=1S/C29H24N4O6S/c34-27-18(14-17-4-1-2-6-21(17)31-27)15-33-22-10-7-16-11-13-39-26(16)24(22)23(20-5-3-12-30-28(20)35)25(33)29(36)32-40(37,38)19-8-9-19/h1-7,10,12,14,19H,8-9,11,13,15H2,(H,30,35)(H,31,34)(H,32,36). The van der Waals surface area contributed by atoms with E-state index in [0.717, 1.165) is 10.9 Å². The molecule has 3 aromatic heterocycles. The second-order valence-corrected chi connectivity index (χ2v) is 12.1. The van der Waals surface area contributed by atoms with Crippen LogP contribution in [-0.2, 0) is 23.0 Å². The highest BCUT2D eigenvalue weighted by atomic mass is 32.2. The molecule has 2 aromatic carbocycles. The van der Waals surface area contributed by atoms with Crippen LogP contribution in [0.15, 0.2) is 70.4 Å². The first-order chi connectivity index (χ1) is 19.3. The normalized spacial score (nSPS) is 14.8. The molecule has 10 nitrogen and oxygen atoms in total. The Labute approximate surface area is 227 Å². The van der Waals surface area contributed by atoms with Gasteiger partial charge in [0.1, 0.15) is 11.4 Å². The molecule has 202 valence electrons. The van der Waals surface area contributed by atoms with Crippen molar-refractivity contribution in [1.82, 2.24) is 19.3 Å². The molecule has 1 fully saturated rings.